The van der Waals surface area contributed by atoms with Crippen molar-refractivity contribution < 1.29 is 0 Å². The van der Waals surface area contributed by atoms with E-state index in [4.69, 9.17) is 0 Å². The summed E-state index contributed by atoms with van der Waals surface area (Å²) in [6.45, 7) is 3.27. The first-order chi connectivity index (χ1) is 8.90. The minimum Gasteiger partial charge on any atom is -0.341 e. The SMILES string of the molecule is CSCCCNC1CCN(c2ncccn2)CC1. The molecule has 0 aromatic carbocycles. The molecule has 4 nitrogen and oxygen atoms in total. The van der Waals surface area contributed by atoms with E-state index in [-0.39, 0.29) is 0 Å². The average Bonchev–Trinajstić information content (AvgIpc) is 2.45. The van der Waals surface area contributed by atoms with Crippen LogP contribution in [0.4, 0.5) is 5.95 Å². The normalized spacial score (nSPS) is 17.1. The molecule has 0 spiro atoms. The van der Waals surface area contributed by atoms with Gasteiger partial charge in [-0.2, -0.15) is 11.8 Å². The van der Waals surface area contributed by atoms with Gasteiger partial charge in [0.05, 0.1) is 0 Å². The maximum absolute atomic E-state index is 4.31. The van der Waals surface area contributed by atoms with Crippen molar-refractivity contribution in [1.29, 1.82) is 0 Å². The molecule has 2 heterocycles. The Bertz CT molecular complexity index is 325. The molecule has 0 amide bonds. The maximum Gasteiger partial charge on any atom is 0.225 e. The Hall–Kier alpha value is -0.810. The third-order valence-corrected chi connectivity index (χ3v) is 3.99. The first kappa shape index (κ1) is 13.6. The van der Waals surface area contributed by atoms with Crippen molar-refractivity contribution in [1.82, 2.24) is 15.3 Å². The summed E-state index contributed by atoms with van der Waals surface area (Å²) in [5.41, 5.74) is 0. The summed E-state index contributed by atoms with van der Waals surface area (Å²) in [5.74, 6) is 2.13. The molecule has 1 saturated heterocycles. The molecule has 1 aromatic heterocycles. The lowest BCUT2D eigenvalue weighted by Gasteiger charge is -2.32. The Kier molecular flexibility index (Phi) is 5.74. The molecule has 0 unspecified atom stereocenters. The molecule has 100 valence electrons. The number of hydrogen-bond donors (Lipinski definition) is 1. The van der Waals surface area contributed by atoms with Crippen molar-refractivity contribution in [2.75, 3.05) is 36.5 Å². The molecule has 2 rings (SSSR count). The smallest absolute Gasteiger partial charge is 0.225 e. The Morgan fingerprint density at radius 1 is 1.33 bits per heavy atom. The third kappa shape index (κ3) is 4.14. The highest BCUT2D eigenvalue weighted by molar-refractivity contribution is 7.98. The molecular weight excluding hydrogens is 244 g/mol. The summed E-state index contributed by atoms with van der Waals surface area (Å²) in [5, 5.41) is 3.65. The molecule has 5 heteroatoms. The summed E-state index contributed by atoms with van der Waals surface area (Å²) < 4.78 is 0. The number of nitrogens with one attached hydrogen (secondary N) is 1. The van der Waals surface area contributed by atoms with Crippen molar-refractivity contribution in [3.8, 4) is 0 Å². The van der Waals surface area contributed by atoms with E-state index in [0.29, 0.717) is 6.04 Å². The largest absolute Gasteiger partial charge is 0.341 e. The van der Waals surface area contributed by atoms with Gasteiger partial charge in [-0.15, -0.1) is 0 Å². The van der Waals surface area contributed by atoms with Crippen LogP contribution in [0.5, 0.6) is 0 Å². The fourth-order valence-electron chi connectivity index (χ4n) is 2.26. The molecule has 1 aliphatic rings. The van der Waals surface area contributed by atoms with Gasteiger partial charge in [-0.25, -0.2) is 9.97 Å². The van der Waals surface area contributed by atoms with E-state index < -0.39 is 0 Å². The van der Waals surface area contributed by atoms with Gasteiger partial charge in [0.15, 0.2) is 0 Å². The van der Waals surface area contributed by atoms with Crippen molar-refractivity contribution in [3.05, 3.63) is 18.5 Å². The number of hydrogen-bond acceptors (Lipinski definition) is 5. The van der Waals surface area contributed by atoms with Crippen molar-refractivity contribution in [2.45, 2.75) is 25.3 Å². The zero-order valence-corrected chi connectivity index (χ0v) is 11.8. The second kappa shape index (κ2) is 7.59. The summed E-state index contributed by atoms with van der Waals surface area (Å²) in [4.78, 5) is 10.9. The van der Waals surface area contributed by atoms with Crippen LogP contribution >= 0.6 is 11.8 Å². The number of nitrogens with zero attached hydrogens (tertiary/aromatic N) is 3. The van der Waals surface area contributed by atoms with E-state index in [1.54, 1.807) is 0 Å². The lowest BCUT2D eigenvalue weighted by atomic mass is 10.1. The topological polar surface area (TPSA) is 41.0 Å². The van der Waals surface area contributed by atoms with Crippen molar-refractivity contribution >= 4 is 17.7 Å². The average molecular weight is 266 g/mol. The lowest BCUT2D eigenvalue weighted by Crippen LogP contribution is -2.43. The van der Waals surface area contributed by atoms with Gasteiger partial charge in [0.2, 0.25) is 5.95 Å². The minimum atomic E-state index is 0.673. The molecule has 0 atom stereocenters. The van der Waals surface area contributed by atoms with E-state index in [2.05, 4.69) is 26.4 Å². The van der Waals surface area contributed by atoms with E-state index in [9.17, 15) is 0 Å². The molecular formula is C13H22N4S. The molecule has 0 saturated carbocycles. The Balaban J connectivity index is 1.68. The van der Waals surface area contributed by atoms with Crippen LogP contribution in [0.3, 0.4) is 0 Å². The Morgan fingerprint density at radius 3 is 2.72 bits per heavy atom. The van der Waals surface area contributed by atoms with Gasteiger partial charge < -0.3 is 10.2 Å². The molecule has 0 bridgehead atoms. The van der Waals surface area contributed by atoms with Crippen LogP contribution in [0.25, 0.3) is 0 Å². The molecule has 1 N–H and O–H groups in total. The summed E-state index contributed by atoms with van der Waals surface area (Å²) in [6.07, 6.45) is 9.45. The van der Waals surface area contributed by atoms with Crippen LogP contribution in [0.1, 0.15) is 19.3 Å². The van der Waals surface area contributed by atoms with Crippen LogP contribution in [0, 0.1) is 0 Å². The molecule has 0 aliphatic carbocycles. The zero-order valence-electron chi connectivity index (χ0n) is 11.0. The molecule has 1 aliphatic heterocycles. The highest BCUT2D eigenvalue weighted by Gasteiger charge is 2.19. The van der Waals surface area contributed by atoms with Gasteiger partial charge in [-0.05, 0) is 43.9 Å². The second-order valence-corrected chi connectivity index (χ2v) is 5.60. The van der Waals surface area contributed by atoms with E-state index >= 15 is 0 Å². The van der Waals surface area contributed by atoms with Crippen LogP contribution < -0.4 is 10.2 Å². The number of piperidine rings is 1. The van der Waals surface area contributed by atoms with Gasteiger partial charge in [0.1, 0.15) is 0 Å². The van der Waals surface area contributed by atoms with Crippen LogP contribution in [0.2, 0.25) is 0 Å². The van der Waals surface area contributed by atoms with Gasteiger partial charge >= 0.3 is 0 Å². The van der Waals surface area contributed by atoms with Crippen molar-refractivity contribution in [2.24, 2.45) is 0 Å². The summed E-state index contributed by atoms with van der Waals surface area (Å²) in [6, 6.07) is 2.54. The van der Waals surface area contributed by atoms with E-state index in [1.165, 1.54) is 25.0 Å². The summed E-state index contributed by atoms with van der Waals surface area (Å²) >= 11 is 1.92. The van der Waals surface area contributed by atoms with Crippen molar-refractivity contribution in [3.63, 3.8) is 0 Å². The van der Waals surface area contributed by atoms with E-state index in [0.717, 1.165) is 25.6 Å². The maximum atomic E-state index is 4.31. The Labute approximate surface area is 114 Å². The van der Waals surface area contributed by atoms with Gasteiger partial charge in [0.25, 0.3) is 0 Å². The second-order valence-electron chi connectivity index (χ2n) is 4.61. The molecule has 0 radical (unpaired) electrons. The fourth-order valence-corrected chi connectivity index (χ4v) is 2.69. The standard InChI is InChI=1S/C13H22N4S/c1-18-11-3-8-14-12-4-9-17(10-5-12)13-15-6-2-7-16-13/h2,6-7,12,14H,3-5,8-11H2,1H3. The quantitative estimate of drug-likeness (QED) is 0.795. The first-order valence-corrected chi connectivity index (χ1v) is 8.04. The minimum absolute atomic E-state index is 0.673. The van der Waals surface area contributed by atoms with Crippen LogP contribution in [0.15, 0.2) is 18.5 Å². The van der Waals surface area contributed by atoms with E-state index in [1.807, 2.05) is 30.2 Å². The highest BCUT2D eigenvalue weighted by atomic mass is 32.2. The zero-order chi connectivity index (χ0) is 12.6. The molecule has 18 heavy (non-hydrogen) atoms. The van der Waals surface area contributed by atoms with Crippen LogP contribution in [-0.2, 0) is 0 Å². The predicted molar refractivity (Wildman–Crippen MR) is 78.3 cm³/mol. The van der Waals surface area contributed by atoms with Crippen LogP contribution in [-0.4, -0.2) is 47.7 Å². The lowest BCUT2D eigenvalue weighted by molar-refractivity contribution is 0.413. The summed E-state index contributed by atoms with van der Waals surface area (Å²) in [7, 11) is 0. The fraction of sp³-hybridized carbons (Fsp3) is 0.692. The first-order valence-electron chi connectivity index (χ1n) is 6.64. The number of thioether (sulfide) groups is 1. The Morgan fingerprint density at radius 2 is 2.06 bits per heavy atom. The predicted octanol–water partition coefficient (Wildman–Crippen LogP) is 1.79. The molecule has 1 fully saturated rings. The number of anilines is 1. The number of aromatic nitrogens is 2. The highest BCUT2D eigenvalue weighted by Crippen LogP contribution is 2.15. The van der Waals surface area contributed by atoms with Gasteiger partial charge in [-0.1, -0.05) is 0 Å². The number of rotatable bonds is 6. The third-order valence-electron chi connectivity index (χ3n) is 3.29. The molecule has 1 aromatic rings. The van der Waals surface area contributed by atoms with Gasteiger partial charge in [0, 0.05) is 31.5 Å². The monoisotopic (exact) mass is 266 g/mol. The van der Waals surface area contributed by atoms with Gasteiger partial charge in [-0.3, -0.25) is 0 Å².